The highest BCUT2D eigenvalue weighted by molar-refractivity contribution is 6.03. The summed E-state index contributed by atoms with van der Waals surface area (Å²) in [6.07, 6.45) is 2.31. The second-order valence-corrected chi connectivity index (χ2v) is 6.71. The van der Waals surface area contributed by atoms with Gasteiger partial charge < -0.3 is 19.3 Å². The molecule has 0 bridgehead atoms. The van der Waals surface area contributed by atoms with Crippen molar-refractivity contribution < 1.29 is 23.5 Å². The number of hydrogen-bond acceptors (Lipinski definition) is 4. The summed E-state index contributed by atoms with van der Waals surface area (Å²) >= 11 is 0. The van der Waals surface area contributed by atoms with Gasteiger partial charge in [-0.05, 0) is 38.5 Å². The number of methoxy groups -OCH3 is 2. The SMILES string of the molecule is CC[N+]1(C(C)C(=O)Nc2c(C)cc(OC)cc2C(=O)OC)CCCC1. The van der Waals surface area contributed by atoms with Gasteiger partial charge in [-0.2, -0.15) is 0 Å². The van der Waals surface area contributed by atoms with Crippen molar-refractivity contribution in [1.82, 2.24) is 0 Å². The van der Waals surface area contributed by atoms with Gasteiger partial charge in [0.2, 0.25) is 0 Å². The third kappa shape index (κ3) is 3.79. The summed E-state index contributed by atoms with van der Waals surface area (Å²) in [4.78, 5) is 25.1. The van der Waals surface area contributed by atoms with Gasteiger partial charge in [0.1, 0.15) is 5.75 Å². The van der Waals surface area contributed by atoms with Crippen molar-refractivity contribution in [2.45, 2.75) is 39.7 Å². The van der Waals surface area contributed by atoms with Crippen molar-refractivity contribution in [1.29, 1.82) is 0 Å². The predicted molar refractivity (Wildman–Crippen MR) is 96.9 cm³/mol. The van der Waals surface area contributed by atoms with E-state index in [4.69, 9.17) is 9.47 Å². The summed E-state index contributed by atoms with van der Waals surface area (Å²) in [5.41, 5.74) is 1.58. The standard InChI is InChI=1S/C19H28N2O4/c1-6-21(9-7-8-10-21)14(3)18(22)20-17-13(2)11-15(24-4)12-16(17)19(23)25-5/h11-12,14H,6-10H2,1-5H3/p+1. The number of rotatable bonds is 6. The summed E-state index contributed by atoms with van der Waals surface area (Å²) < 4.78 is 10.9. The Hall–Kier alpha value is -2.08. The maximum Gasteiger partial charge on any atom is 0.340 e. The number of benzene rings is 1. The van der Waals surface area contributed by atoms with Gasteiger partial charge in [-0.25, -0.2) is 4.79 Å². The molecule has 0 aliphatic carbocycles. The minimum Gasteiger partial charge on any atom is -0.497 e. The fraction of sp³-hybridized carbons (Fsp3) is 0.579. The highest BCUT2D eigenvalue weighted by Gasteiger charge is 2.40. The Labute approximate surface area is 149 Å². The van der Waals surface area contributed by atoms with Crippen molar-refractivity contribution in [3.8, 4) is 5.75 Å². The molecule has 1 unspecified atom stereocenters. The predicted octanol–water partition coefficient (Wildman–Crippen LogP) is 2.75. The highest BCUT2D eigenvalue weighted by Crippen LogP contribution is 2.29. The molecule has 1 aromatic carbocycles. The molecular weight excluding hydrogens is 320 g/mol. The normalized spacial score (nSPS) is 17.0. The first-order valence-electron chi connectivity index (χ1n) is 8.82. The molecule has 1 saturated heterocycles. The number of quaternary nitrogens is 1. The number of hydrogen-bond donors (Lipinski definition) is 1. The minimum absolute atomic E-state index is 0.0674. The molecule has 1 aromatic rings. The third-order valence-electron chi connectivity index (χ3n) is 5.49. The van der Waals surface area contributed by atoms with E-state index in [0.29, 0.717) is 17.0 Å². The van der Waals surface area contributed by atoms with Crippen molar-refractivity contribution in [3.05, 3.63) is 23.3 Å². The van der Waals surface area contributed by atoms with Gasteiger partial charge in [0.15, 0.2) is 6.04 Å². The molecule has 1 N–H and O–H groups in total. The number of likely N-dealkylation sites (N-methyl/N-ethyl adjacent to an activating group) is 1. The third-order valence-corrected chi connectivity index (χ3v) is 5.49. The molecule has 1 heterocycles. The van der Waals surface area contributed by atoms with Crippen molar-refractivity contribution in [2.75, 3.05) is 39.2 Å². The maximum atomic E-state index is 12.9. The smallest absolute Gasteiger partial charge is 0.340 e. The van der Waals surface area contributed by atoms with Crippen LogP contribution in [0.2, 0.25) is 0 Å². The van der Waals surface area contributed by atoms with Crippen LogP contribution in [0.25, 0.3) is 0 Å². The Balaban J connectivity index is 2.32. The molecule has 0 spiro atoms. The summed E-state index contributed by atoms with van der Waals surface area (Å²) in [6, 6.07) is 3.23. The fourth-order valence-corrected chi connectivity index (χ4v) is 3.73. The van der Waals surface area contributed by atoms with Gasteiger partial charge in [-0.3, -0.25) is 4.79 Å². The topological polar surface area (TPSA) is 64.6 Å². The number of amides is 1. The molecule has 138 valence electrons. The molecule has 0 radical (unpaired) electrons. The van der Waals surface area contributed by atoms with Crippen LogP contribution in [0, 0.1) is 6.92 Å². The second-order valence-electron chi connectivity index (χ2n) is 6.71. The minimum atomic E-state index is -0.495. The molecule has 1 amide bonds. The maximum absolute atomic E-state index is 12.9. The first kappa shape index (κ1) is 19.2. The average Bonchev–Trinajstić information content (AvgIpc) is 3.11. The molecule has 2 rings (SSSR count). The van der Waals surface area contributed by atoms with Gasteiger partial charge in [0.25, 0.3) is 5.91 Å². The van der Waals surface area contributed by atoms with E-state index < -0.39 is 5.97 Å². The van der Waals surface area contributed by atoms with Crippen LogP contribution in [0.15, 0.2) is 12.1 Å². The van der Waals surface area contributed by atoms with Crippen LogP contribution in [-0.4, -0.2) is 56.3 Å². The number of nitrogens with one attached hydrogen (secondary N) is 1. The molecule has 0 aromatic heterocycles. The van der Waals surface area contributed by atoms with Gasteiger partial charge in [0, 0.05) is 12.8 Å². The van der Waals surface area contributed by atoms with Crippen molar-refractivity contribution in [2.24, 2.45) is 0 Å². The summed E-state index contributed by atoms with van der Waals surface area (Å²) in [5.74, 6) is -0.00626. The van der Waals surface area contributed by atoms with Crippen LogP contribution in [0.1, 0.15) is 42.6 Å². The zero-order chi connectivity index (χ0) is 18.6. The Morgan fingerprint density at radius 3 is 2.40 bits per heavy atom. The molecule has 6 heteroatoms. The molecule has 0 saturated carbocycles. The quantitative estimate of drug-likeness (QED) is 0.633. The Morgan fingerprint density at radius 1 is 1.24 bits per heavy atom. The monoisotopic (exact) mass is 349 g/mol. The van der Waals surface area contributed by atoms with Gasteiger partial charge >= 0.3 is 5.97 Å². The lowest BCUT2D eigenvalue weighted by molar-refractivity contribution is -0.928. The number of esters is 1. The number of likely N-dealkylation sites (tertiary alicyclic amines) is 1. The Kier molecular flexibility index (Phi) is 6.06. The molecule has 1 aliphatic rings. The first-order valence-corrected chi connectivity index (χ1v) is 8.82. The van der Waals surface area contributed by atoms with E-state index in [1.165, 1.54) is 7.11 Å². The lowest BCUT2D eigenvalue weighted by Gasteiger charge is -2.38. The number of ether oxygens (including phenoxy) is 2. The Morgan fingerprint density at radius 2 is 1.88 bits per heavy atom. The lowest BCUT2D eigenvalue weighted by Crippen LogP contribution is -2.56. The summed E-state index contributed by atoms with van der Waals surface area (Å²) in [7, 11) is 2.87. The van der Waals surface area contributed by atoms with E-state index in [9.17, 15) is 9.59 Å². The van der Waals surface area contributed by atoms with Gasteiger partial charge in [0.05, 0.1) is 45.1 Å². The summed E-state index contributed by atoms with van der Waals surface area (Å²) in [5, 5.41) is 2.97. The summed E-state index contributed by atoms with van der Waals surface area (Å²) in [6.45, 7) is 8.93. The van der Waals surface area contributed by atoms with Gasteiger partial charge in [-0.15, -0.1) is 0 Å². The molecule has 6 nitrogen and oxygen atoms in total. The van der Waals surface area contributed by atoms with Gasteiger partial charge in [-0.1, -0.05) is 0 Å². The molecule has 1 aliphatic heterocycles. The van der Waals surface area contributed by atoms with E-state index in [2.05, 4.69) is 12.2 Å². The zero-order valence-corrected chi connectivity index (χ0v) is 15.8. The molecule has 1 fully saturated rings. The number of nitrogens with zero attached hydrogens (tertiary/aromatic N) is 1. The van der Waals surface area contributed by atoms with E-state index in [1.54, 1.807) is 19.2 Å². The van der Waals surface area contributed by atoms with E-state index >= 15 is 0 Å². The number of carbonyl (C=O) groups excluding carboxylic acids is 2. The fourth-order valence-electron chi connectivity index (χ4n) is 3.73. The number of anilines is 1. The molecular formula is C19H29N2O4+. The van der Waals surface area contributed by atoms with E-state index in [1.807, 2.05) is 13.8 Å². The van der Waals surface area contributed by atoms with Crippen molar-refractivity contribution in [3.63, 3.8) is 0 Å². The van der Waals surface area contributed by atoms with E-state index in [-0.39, 0.29) is 11.9 Å². The zero-order valence-electron chi connectivity index (χ0n) is 15.8. The largest absolute Gasteiger partial charge is 0.497 e. The van der Waals surface area contributed by atoms with Crippen LogP contribution in [-0.2, 0) is 9.53 Å². The van der Waals surface area contributed by atoms with Crippen LogP contribution in [0.4, 0.5) is 5.69 Å². The van der Waals surface area contributed by atoms with Crippen LogP contribution in [0.5, 0.6) is 5.75 Å². The first-order chi connectivity index (χ1) is 11.9. The highest BCUT2D eigenvalue weighted by atomic mass is 16.5. The molecule has 1 atom stereocenters. The van der Waals surface area contributed by atoms with Crippen LogP contribution in [0.3, 0.4) is 0 Å². The number of aryl methyl sites for hydroxylation is 1. The Bertz CT molecular complexity index is 651. The molecule has 25 heavy (non-hydrogen) atoms. The lowest BCUT2D eigenvalue weighted by atomic mass is 10.1. The van der Waals surface area contributed by atoms with Crippen molar-refractivity contribution >= 4 is 17.6 Å². The van der Waals surface area contributed by atoms with Crippen LogP contribution >= 0.6 is 0 Å². The van der Waals surface area contributed by atoms with E-state index in [0.717, 1.165) is 42.5 Å². The number of carbonyl (C=O) groups is 2. The second kappa shape index (κ2) is 7.87. The average molecular weight is 349 g/mol. The van der Waals surface area contributed by atoms with Crippen LogP contribution < -0.4 is 10.1 Å².